The molecule has 1 aliphatic heterocycles. The Hall–Kier alpha value is -0.740. The lowest BCUT2D eigenvalue weighted by Crippen LogP contribution is -2.29. The SMILES string of the molecule is Cc1nc(CC(=O)C2CCNC2C)cs1. The van der Waals surface area contributed by atoms with E-state index in [1.165, 1.54) is 0 Å². The van der Waals surface area contributed by atoms with Gasteiger partial charge in [0.05, 0.1) is 10.7 Å². The van der Waals surface area contributed by atoms with Gasteiger partial charge >= 0.3 is 0 Å². The quantitative estimate of drug-likeness (QED) is 0.847. The maximum atomic E-state index is 12.0. The van der Waals surface area contributed by atoms with Gasteiger partial charge in [-0.25, -0.2) is 4.98 Å². The van der Waals surface area contributed by atoms with Gasteiger partial charge in [-0.15, -0.1) is 11.3 Å². The third kappa shape index (κ3) is 2.44. The Morgan fingerprint density at radius 3 is 3.07 bits per heavy atom. The molecule has 0 amide bonds. The van der Waals surface area contributed by atoms with E-state index in [1.54, 1.807) is 11.3 Å². The maximum absolute atomic E-state index is 12.0. The topological polar surface area (TPSA) is 42.0 Å². The molecule has 0 radical (unpaired) electrons. The van der Waals surface area contributed by atoms with Crippen LogP contribution in [-0.2, 0) is 11.2 Å². The minimum atomic E-state index is 0.187. The fourth-order valence-corrected chi connectivity index (χ4v) is 2.71. The summed E-state index contributed by atoms with van der Waals surface area (Å²) in [6.45, 7) is 5.02. The predicted octanol–water partition coefficient (Wildman–Crippen LogP) is 1.56. The van der Waals surface area contributed by atoms with Gasteiger partial charge in [-0.3, -0.25) is 4.79 Å². The van der Waals surface area contributed by atoms with Gasteiger partial charge in [0.1, 0.15) is 5.78 Å². The van der Waals surface area contributed by atoms with Crippen molar-refractivity contribution < 1.29 is 4.79 Å². The molecule has 0 aliphatic carbocycles. The molecule has 1 N–H and O–H groups in total. The lowest BCUT2D eigenvalue weighted by molar-refractivity contribution is -0.122. The van der Waals surface area contributed by atoms with Gasteiger partial charge in [0, 0.05) is 23.8 Å². The van der Waals surface area contributed by atoms with Crippen LogP contribution in [0.3, 0.4) is 0 Å². The van der Waals surface area contributed by atoms with Crippen molar-refractivity contribution in [1.82, 2.24) is 10.3 Å². The van der Waals surface area contributed by atoms with Gasteiger partial charge in [-0.2, -0.15) is 0 Å². The zero-order valence-electron chi connectivity index (χ0n) is 9.12. The average Bonchev–Trinajstić information content (AvgIpc) is 2.75. The Balaban J connectivity index is 1.97. The molecule has 2 atom stereocenters. The fourth-order valence-electron chi connectivity index (χ4n) is 2.10. The number of aromatic nitrogens is 1. The normalized spacial score (nSPS) is 25.7. The van der Waals surface area contributed by atoms with E-state index in [9.17, 15) is 4.79 Å². The Labute approximate surface area is 93.9 Å². The number of carbonyl (C=O) groups is 1. The van der Waals surface area contributed by atoms with Crippen LogP contribution in [0.25, 0.3) is 0 Å². The van der Waals surface area contributed by atoms with Gasteiger partial charge in [0.15, 0.2) is 0 Å². The number of hydrogen-bond donors (Lipinski definition) is 1. The van der Waals surface area contributed by atoms with Crippen LogP contribution < -0.4 is 5.32 Å². The number of nitrogens with zero attached hydrogens (tertiary/aromatic N) is 1. The molecule has 3 nitrogen and oxygen atoms in total. The Morgan fingerprint density at radius 1 is 1.73 bits per heavy atom. The monoisotopic (exact) mass is 224 g/mol. The molecule has 1 aromatic heterocycles. The molecule has 1 fully saturated rings. The van der Waals surface area contributed by atoms with Crippen molar-refractivity contribution in [2.45, 2.75) is 32.7 Å². The number of hydrogen-bond acceptors (Lipinski definition) is 4. The van der Waals surface area contributed by atoms with Crippen LogP contribution in [0.2, 0.25) is 0 Å². The molecule has 2 heterocycles. The van der Waals surface area contributed by atoms with Crippen molar-refractivity contribution in [3.63, 3.8) is 0 Å². The van der Waals surface area contributed by atoms with Gasteiger partial charge in [0.25, 0.3) is 0 Å². The molecule has 15 heavy (non-hydrogen) atoms. The van der Waals surface area contributed by atoms with Crippen LogP contribution in [0, 0.1) is 12.8 Å². The highest BCUT2D eigenvalue weighted by Crippen LogP contribution is 2.19. The first-order valence-corrected chi connectivity index (χ1v) is 6.22. The van der Waals surface area contributed by atoms with Gasteiger partial charge in [-0.1, -0.05) is 0 Å². The summed E-state index contributed by atoms with van der Waals surface area (Å²) in [6.07, 6.45) is 1.48. The summed E-state index contributed by atoms with van der Waals surface area (Å²) in [5.74, 6) is 0.518. The highest BCUT2D eigenvalue weighted by atomic mass is 32.1. The molecule has 0 bridgehead atoms. The molecular weight excluding hydrogens is 208 g/mol. The number of Topliss-reactive ketones (excluding diaryl/α,β-unsaturated/α-hetero) is 1. The fraction of sp³-hybridized carbons (Fsp3) is 0.636. The van der Waals surface area contributed by atoms with Crippen molar-refractivity contribution >= 4 is 17.1 Å². The number of ketones is 1. The first-order chi connectivity index (χ1) is 7.16. The van der Waals surface area contributed by atoms with Gasteiger partial charge in [-0.05, 0) is 26.8 Å². The van der Waals surface area contributed by atoms with Crippen LogP contribution in [-0.4, -0.2) is 23.4 Å². The van der Waals surface area contributed by atoms with Crippen LogP contribution in [0.5, 0.6) is 0 Å². The summed E-state index contributed by atoms with van der Waals surface area (Å²) >= 11 is 1.61. The van der Waals surface area contributed by atoms with E-state index in [0.29, 0.717) is 18.2 Å². The van der Waals surface area contributed by atoms with Crippen molar-refractivity contribution in [3.05, 3.63) is 16.1 Å². The highest BCUT2D eigenvalue weighted by Gasteiger charge is 2.29. The minimum Gasteiger partial charge on any atom is -0.314 e. The molecule has 1 aliphatic rings. The third-order valence-corrected chi connectivity index (χ3v) is 3.78. The van der Waals surface area contributed by atoms with E-state index >= 15 is 0 Å². The number of nitrogens with one attached hydrogen (secondary N) is 1. The van der Waals surface area contributed by atoms with Crippen LogP contribution in [0.1, 0.15) is 24.0 Å². The Morgan fingerprint density at radius 2 is 2.53 bits per heavy atom. The standard InChI is InChI=1S/C11H16N2OS/c1-7-10(3-4-12-7)11(14)5-9-6-15-8(2)13-9/h6-7,10,12H,3-5H2,1-2H3. The molecule has 82 valence electrons. The lowest BCUT2D eigenvalue weighted by Gasteiger charge is -2.12. The highest BCUT2D eigenvalue weighted by molar-refractivity contribution is 7.09. The molecule has 1 aromatic rings. The molecule has 4 heteroatoms. The van der Waals surface area contributed by atoms with Crippen molar-refractivity contribution in [1.29, 1.82) is 0 Å². The third-order valence-electron chi connectivity index (χ3n) is 2.96. The second kappa shape index (κ2) is 4.41. The Kier molecular flexibility index (Phi) is 3.17. The van der Waals surface area contributed by atoms with Crippen molar-refractivity contribution in [3.8, 4) is 0 Å². The minimum absolute atomic E-state index is 0.187. The molecule has 2 rings (SSSR count). The van der Waals surface area contributed by atoms with Gasteiger partial charge < -0.3 is 5.32 Å². The summed E-state index contributed by atoms with van der Waals surface area (Å²) in [4.78, 5) is 16.3. The van der Waals surface area contributed by atoms with E-state index in [0.717, 1.165) is 23.7 Å². The largest absolute Gasteiger partial charge is 0.314 e. The molecule has 1 saturated heterocycles. The van der Waals surface area contributed by atoms with Crippen LogP contribution in [0.4, 0.5) is 0 Å². The second-order valence-corrected chi connectivity index (χ2v) is 5.20. The molecular formula is C11H16N2OS. The summed E-state index contributed by atoms with van der Waals surface area (Å²) in [7, 11) is 0. The zero-order valence-corrected chi connectivity index (χ0v) is 9.93. The second-order valence-electron chi connectivity index (χ2n) is 4.14. The van der Waals surface area contributed by atoms with E-state index in [-0.39, 0.29) is 5.92 Å². The molecule has 2 unspecified atom stereocenters. The zero-order chi connectivity index (χ0) is 10.8. The van der Waals surface area contributed by atoms with E-state index in [2.05, 4.69) is 17.2 Å². The van der Waals surface area contributed by atoms with E-state index in [4.69, 9.17) is 0 Å². The van der Waals surface area contributed by atoms with Crippen LogP contribution >= 0.6 is 11.3 Å². The summed E-state index contributed by atoms with van der Waals surface area (Å²) in [6, 6.07) is 0.331. The van der Waals surface area contributed by atoms with Crippen LogP contribution in [0.15, 0.2) is 5.38 Å². The van der Waals surface area contributed by atoms with Crippen molar-refractivity contribution in [2.75, 3.05) is 6.54 Å². The van der Waals surface area contributed by atoms with Gasteiger partial charge in [0.2, 0.25) is 0 Å². The maximum Gasteiger partial charge on any atom is 0.143 e. The average molecular weight is 224 g/mol. The van der Waals surface area contributed by atoms with E-state index < -0.39 is 0 Å². The molecule has 0 saturated carbocycles. The summed E-state index contributed by atoms with van der Waals surface area (Å²) < 4.78 is 0. The number of rotatable bonds is 3. The van der Waals surface area contributed by atoms with E-state index in [1.807, 2.05) is 12.3 Å². The number of thiazole rings is 1. The number of carbonyl (C=O) groups excluding carboxylic acids is 1. The summed E-state index contributed by atoms with van der Waals surface area (Å²) in [5, 5.41) is 6.33. The smallest absolute Gasteiger partial charge is 0.143 e. The lowest BCUT2D eigenvalue weighted by atomic mass is 9.94. The number of aryl methyl sites for hydroxylation is 1. The first kappa shape index (κ1) is 10.8. The first-order valence-electron chi connectivity index (χ1n) is 5.34. The predicted molar refractivity (Wildman–Crippen MR) is 61.1 cm³/mol. The molecule has 0 aromatic carbocycles. The van der Waals surface area contributed by atoms with Crippen molar-refractivity contribution in [2.24, 2.45) is 5.92 Å². The Bertz CT molecular complexity index is 361. The molecule has 0 spiro atoms. The summed E-state index contributed by atoms with van der Waals surface area (Å²) in [5.41, 5.74) is 0.932.